The van der Waals surface area contributed by atoms with Crippen molar-refractivity contribution in [1.82, 2.24) is 25.0 Å². The average Bonchev–Trinajstić information content (AvgIpc) is 2.82. The number of aromatic nitrogens is 1. The SMILES string of the molecule is CN=C(NCc1cccnc1N1CCN(C)CC1)N1CCN(Cc2ccccc2)CC1. The number of pyridine rings is 1. The summed E-state index contributed by atoms with van der Waals surface area (Å²) in [5.41, 5.74) is 2.61. The molecule has 2 aliphatic rings. The first-order valence-electron chi connectivity index (χ1n) is 11.3. The Morgan fingerprint density at radius 3 is 2.39 bits per heavy atom. The zero-order chi connectivity index (χ0) is 21.5. The second-order valence-corrected chi connectivity index (χ2v) is 8.43. The van der Waals surface area contributed by atoms with Gasteiger partial charge in [0, 0.05) is 84.3 Å². The number of hydrogen-bond acceptors (Lipinski definition) is 5. The molecule has 166 valence electrons. The lowest BCUT2D eigenvalue weighted by molar-refractivity contribution is 0.172. The summed E-state index contributed by atoms with van der Waals surface area (Å²) in [6.07, 6.45) is 1.90. The van der Waals surface area contributed by atoms with E-state index in [4.69, 9.17) is 4.98 Å². The van der Waals surface area contributed by atoms with Crippen LogP contribution >= 0.6 is 0 Å². The van der Waals surface area contributed by atoms with Gasteiger partial charge in [-0.15, -0.1) is 0 Å². The highest BCUT2D eigenvalue weighted by Crippen LogP contribution is 2.19. The minimum Gasteiger partial charge on any atom is -0.354 e. The number of benzene rings is 1. The van der Waals surface area contributed by atoms with Crippen LogP contribution in [0.15, 0.2) is 53.7 Å². The molecular weight excluding hydrogens is 386 g/mol. The Morgan fingerprint density at radius 1 is 0.935 bits per heavy atom. The van der Waals surface area contributed by atoms with E-state index in [2.05, 4.69) is 73.4 Å². The van der Waals surface area contributed by atoms with Crippen LogP contribution in [0.5, 0.6) is 0 Å². The topological polar surface area (TPSA) is 50.2 Å². The van der Waals surface area contributed by atoms with Crippen molar-refractivity contribution in [3.05, 3.63) is 59.8 Å². The Bertz CT molecular complexity index is 838. The fourth-order valence-electron chi connectivity index (χ4n) is 4.34. The molecule has 0 aliphatic carbocycles. The molecule has 0 unspecified atom stereocenters. The lowest BCUT2D eigenvalue weighted by Crippen LogP contribution is -2.52. The van der Waals surface area contributed by atoms with Crippen LogP contribution in [0.4, 0.5) is 5.82 Å². The summed E-state index contributed by atoms with van der Waals surface area (Å²) in [6, 6.07) is 14.9. The van der Waals surface area contributed by atoms with Gasteiger partial charge >= 0.3 is 0 Å². The smallest absolute Gasteiger partial charge is 0.194 e. The lowest BCUT2D eigenvalue weighted by Gasteiger charge is -2.37. The molecule has 0 spiro atoms. The molecule has 7 nitrogen and oxygen atoms in total. The maximum Gasteiger partial charge on any atom is 0.194 e. The van der Waals surface area contributed by atoms with Gasteiger partial charge in [0.2, 0.25) is 0 Å². The van der Waals surface area contributed by atoms with Gasteiger partial charge in [0.05, 0.1) is 0 Å². The first kappa shape index (κ1) is 21.6. The molecule has 3 heterocycles. The minimum atomic E-state index is 0.742. The van der Waals surface area contributed by atoms with Gasteiger partial charge in [-0.05, 0) is 18.7 Å². The lowest BCUT2D eigenvalue weighted by atomic mass is 10.2. The molecule has 2 aliphatic heterocycles. The number of piperazine rings is 2. The van der Waals surface area contributed by atoms with Gasteiger partial charge in [0.1, 0.15) is 5.82 Å². The third kappa shape index (κ3) is 5.74. The zero-order valence-electron chi connectivity index (χ0n) is 18.9. The fourth-order valence-corrected chi connectivity index (χ4v) is 4.34. The maximum absolute atomic E-state index is 4.70. The molecule has 2 aromatic rings. The fraction of sp³-hybridized carbons (Fsp3) is 0.500. The van der Waals surface area contributed by atoms with Crippen molar-refractivity contribution in [1.29, 1.82) is 0 Å². The molecule has 1 aromatic heterocycles. The number of aliphatic imine (C=N–C) groups is 1. The minimum absolute atomic E-state index is 0.742. The summed E-state index contributed by atoms with van der Waals surface area (Å²) < 4.78 is 0. The molecule has 7 heteroatoms. The molecule has 0 saturated carbocycles. The Balaban J connectivity index is 1.31. The quantitative estimate of drug-likeness (QED) is 0.586. The van der Waals surface area contributed by atoms with Crippen molar-refractivity contribution in [2.24, 2.45) is 4.99 Å². The van der Waals surface area contributed by atoms with Crippen LogP contribution in [-0.2, 0) is 13.1 Å². The normalized spacial score (nSPS) is 19.0. The predicted molar refractivity (Wildman–Crippen MR) is 127 cm³/mol. The summed E-state index contributed by atoms with van der Waals surface area (Å²) in [4.78, 5) is 18.9. The van der Waals surface area contributed by atoms with E-state index in [0.717, 1.165) is 77.2 Å². The van der Waals surface area contributed by atoms with Crippen molar-refractivity contribution in [2.45, 2.75) is 13.1 Å². The number of likely N-dealkylation sites (N-methyl/N-ethyl adjacent to an activating group) is 1. The summed E-state index contributed by atoms with van der Waals surface area (Å²) in [6.45, 7) is 10.1. The Hall–Kier alpha value is -2.64. The molecule has 2 fully saturated rings. The molecule has 4 rings (SSSR count). The molecule has 1 N–H and O–H groups in total. The molecule has 0 radical (unpaired) electrons. The van der Waals surface area contributed by atoms with Crippen LogP contribution in [0.25, 0.3) is 0 Å². The Morgan fingerprint density at radius 2 is 1.68 bits per heavy atom. The van der Waals surface area contributed by atoms with Gasteiger partial charge in [0.15, 0.2) is 5.96 Å². The summed E-state index contributed by atoms with van der Waals surface area (Å²) in [5, 5.41) is 3.59. The van der Waals surface area contributed by atoms with Gasteiger partial charge in [-0.1, -0.05) is 36.4 Å². The van der Waals surface area contributed by atoms with Gasteiger partial charge in [0.25, 0.3) is 0 Å². The predicted octanol–water partition coefficient (Wildman–Crippen LogP) is 1.73. The third-order valence-corrected chi connectivity index (χ3v) is 6.24. The monoisotopic (exact) mass is 421 g/mol. The molecular formula is C24H35N7. The average molecular weight is 422 g/mol. The van der Waals surface area contributed by atoms with E-state index in [0.29, 0.717) is 0 Å². The first-order valence-corrected chi connectivity index (χ1v) is 11.3. The standard InChI is InChI=1S/C24H35N7/c1-25-24(31-17-13-29(14-18-31)20-21-7-4-3-5-8-21)27-19-22-9-6-10-26-23(22)30-15-11-28(2)12-16-30/h3-10H,11-20H2,1-2H3,(H,25,27). The van der Waals surface area contributed by atoms with E-state index in [1.54, 1.807) is 0 Å². The first-order chi connectivity index (χ1) is 15.2. The second kappa shape index (κ2) is 10.6. The summed E-state index contributed by atoms with van der Waals surface area (Å²) in [5.74, 6) is 2.08. The number of rotatable bonds is 5. The third-order valence-electron chi connectivity index (χ3n) is 6.24. The van der Waals surface area contributed by atoms with E-state index >= 15 is 0 Å². The number of anilines is 1. The van der Waals surface area contributed by atoms with E-state index < -0.39 is 0 Å². The highest BCUT2D eigenvalue weighted by Gasteiger charge is 2.21. The summed E-state index contributed by atoms with van der Waals surface area (Å²) in [7, 11) is 4.06. The van der Waals surface area contributed by atoms with E-state index in [1.807, 2.05) is 19.3 Å². The van der Waals surface area contributed by atoms with Crippen LogP contribution in [0.3, 0.4) is 0 Å². The number of nitrogens with one attached hydrogen (secondary N) is 1. The van der Waals surface area contributed by atoms with Gasteiger partial charge < -0.3 is 20.0 Å². The summed E-state index contributed by atoms with van der Waals surface area (Å²) >= 11 is 0. The van der Waals surface area contributed by atoms with Crippen molar-refractivity contribution < 1.29 is 0 Å². The zero-order valence-corrected chi connectivity index (χ0v) is 18.9. The molecule has 0 bridgehead atoms. The molecule has 2 saturated heterocycles. The molecule has 31 heavy (non-hydrogen) atoms. The van der Waals surface area contributed by atoms with E-state index in [9.17, 15) is 0 Å². The van der Waals surface area contributed by atoms with Crippen molar-refractivity contribution in [3.8, 4) is 0 Å². The largest absolute Gasteiger partial charge is 0.354 e. The molecule has 1 aromatic carbocycles. The van der Waals surface area contributed by atoms with Gasteiger partial charge in [-0.3, -0.25) is 9.89 Å². The second-order valence-electron chi connectivity index (χ2n) is 8.43. The van der Waals surface area contributed by atoms with Crippen molar-refractivity contribution in [3.63, 3.8) is 0 Å². The Kier molecular flexibility index (Phi) is 7.38. The number of nitrogens with zero attached hydrogens (tertiary/aromatic N) is 6. The highest BCUT2D eigenvalue weighted by atomic mass is 15.3. The number of hydrogen-bond donors (Lipinski definition) is 1. The van der Waals surface area contributed by atoms with Crippen molar-refractivity contribution in [2.75, 3.05) is 71.4 Å². The van der Waals surface area contributed by atoms with Crippen LogP contribution in [-0.4, -0.2) is 92.1 Å². The molecule has 0 amide bonds. The van der Waals surface area contributed by atoms with Crippen LogP contribution in [0.2, 0.25) is 0 Å². The van der Waals surface area contributed by atoms with E-state index in [-0.39, 0.29) is 0 Å². The highest BCUT2D eigenvalue weighted by molar-refractivity contribution is 5.80. The van der Waals surface area contributed by atoms with Crippen LogP contribution < -0.4 is 10.2 Å². The number of guanidine groups is 1. The van der Waals surface area contributed by atoms with Crippen LogP contribution in [0.1, 0.15) is 11.1 Å². The van der Waals surface area contributed by atoms with Gasteiger partial charge in [-0.2, -0.15) is 0 Å². The van der Waals surface area contributed by atoms with Crippen molar-refractivity contribution >= 4 is 11.8 Å². The van der Waals surface area contributed by atoms with E-state index in [1.165, 1.54) is 11.1 Å². The maximum atomic E-state index is 4.70. The van der Waals surface area contributed by atoms with Gasteiger partial charge in [-0.25, -0.2) is 4.98 Å². The van der Waals surface area contributed by atoms with Crippen LogP contribution in [0, 0.1) is 0 Å². The molecule has 0 atom stereocenters. The Labute approximate surface area is 186 Å².